The van der Waals surface area contributed by atoms with Crippen LogP contribution in [0.25, 0.3) is 0 Å². The van der Waals surface area contributed by atoms with E-state index in [1.165, 1.54) is 17.0 Å². The first-order chi connectivity index (χ1) is 12.6. The highest BCUT2D eigenvalue weighted by Crippen LogP contribution is 2.20. The first-order valence-corrected chi connectivity index (χ1v) is 8.87. The zero-order valence-corrected chi connectivity index (χ0v) is 15.8. The molecule has 1 aromatic rings. The normalized spacial score (nSPS) is 18.0. The number of benzene rings is 1. The molecule has 3 N–H and O–H groups in total. The fourth-order valence-electron chi connectivity index (χ4n) is 3.01. The Bertz CT molecular complexity index is 695. The SMILES string of the molecule is CC(C)(C)OC(=O)NC(Cc1ccc(O)cc1)C(=O)N1CCCC1C(=O)O. The number of nitrogens with zero attached hydrogens (tertiary/aromatic N) is 1. The number of amides is 2. The van der Waals surface area contributed by atoms with Crippen molar-refractivity contribution in [3.63, 3.8) is 0 Å². The molecule has 8 heteroatoms. The van der Waals surface area contributed by atoms with E-state index in [0.717, 1.165) is 0 Å². The van der Waals surface area contributed by atoms with E-state index in [1.807, 2.05) is 0 Å². The van der Waals surface area contributed by atoms with Crippen molar-refractivity contribution >= 4 is 18.0 Å². The van der Waals surface area contributed by atoms with Crippen LogP contribution in [0.15, 0.2) is 24.3 Å². The van der Waals surface area contributed by atoms with Crippen molar-refractivity contribution in [1.29, 1.82) is 0 Å². The van der Waals surface area contributed by atoms with Crippen LogP contribution in [0.3, 0.4) is 0 Å². The maximum Gasteiger partial charge on any atom is 0.408 e. The number of phenols is 1. The molecule has 2 rings (SSSR count). The molecule has 0 bridgehead atoms. The van der Waals surface area contributed by atoms with Crippen molar-refractivity contribution in [3.05, 3.63) is 29.8 Å². The van der Waals surface area contributed by atoms with E-state index in [-0.39, 0.29) is 12.2 Å². The molecule has 2 amide bonds. The molecule has 0 spiro atoms. The molecule has 2 unspecified atom stereocenters. The van der Waals surface area contributed by atoms with Gasteiger partial charge >= 0.3 is 12.1 Å². The van der Waals surface area contributed by atoms with E-state index in [9.17, 15) is 24.6 Å². The predicted octanol–water partition coefficient (Wildman–Crippen LogP) is 1.90. The van der Waals surface area contributed by atoms with Gasteiger partial charge in [0.1, 0.15) is 23.4 Å². The number of nitrogens with one attached hydrogen (secondary N) is 1. The number of hydrogen-bond acceptors (Lipinski definition) is 5. The van der Waals surface area contributed by atoms with E-state index in [2.05, 4.69) is 5.32 Å². The van der Waals surface area contributed by atoms with Crippen molar-refractivity contribution in [2.24, 2.45) is 0 Å². The van der Waals surface area contributed by atoms with E-state index in [1.54, 1.807) is 32.9 Å². The highest BCUT2D eigenvalue weighted by molar-refractivity contribution is 5.90. The molecule has 148 valence electrons. The number of likely N-dealkylation sites (tertiary alicyclic amines) is 1. The predicted molar refractivity (Wildman–Crippen MR) is 97.3 cm³/mol. The summed E-state index contributed by atoms with van der Waals surface area (Å²) in [7, 11) is 0. The lowest BCUT2D eigenvalue weighted by Gasteiger charge is -2.28. The summed E-state index contributed by atoms with van der Waals surface area (Å²) in [5.74, 6) is -1.42. The maximum atomic E-state index is 13.0. The third-order valence-corrected chi connectivity index (χ3v) is 4.19. The van der Waals surface area contributed by atoms with Gasteiger partial charge in [-0.1, -0.05) is 12.1 Å². The number of carbonyl (C=O) groups is 3. The van der Waals surface area contributed by atoms with E-state index < -0.39 is 35.7 Å². The molecule has 2 atom stereocenters. The average molecular weight is 378 g/mol. The molecule has 27 heavy (non-hydrogen) atoms. The van der Waals surface area contributed by atoms with Crippen LogP contribution in [-0.4, -0.2) is 57.3 Å². The highest BCUT2D eigenvalue weighted by atomic mass is 16.6. The minimum Gasteiger partial charge on any atom is -0.508 e. The van der Waals surface area contributed by atoms with Gasteiger partial charge in [-0.2, -0.15) is 0 Å². The molecule has 0 aromatic heterocycles. The molecule has 1 fully saturated rings. The van der Waals surface area contributed by atoms with Gasteiger partial charge in [-0.15, -0.1) is 0 Å². The monoisotopic (exact) mass is 378 g/mol. The molecule has 1 aliphatic rings. The van der Waals surface area contributed by atoms with E-state index >= 15 is 0 Å². The molecule has 0 radical (unpaired) electrons. The van der Waals surface area contributed by atoms with Gasteiger partial charge in [0, 0.05) is 13.0 Å². The van der Waals surface area contributed by atoms with Crippen LogP contribution in [0.2, 0.25) is 0 Å². The number of hydrogen-bond donors (Lipinski definition) is 3. The third kappa shape index (κ3) is 5.87. The number of phenolic OH excluding ortho intramolecular Hbond substituents is 1. The first-order valence-electron chi connectivity index (χ1n) is 8.87. The Hall–Kier alpha value is -2.77. The van der Waals surface area contributed by atoms with Crippen LogP contribution in [-0.2, 0) is 20.7 Å². The topological polar surface area (TPSA) is 116 Å². The van der Waals surface area contributed by atoms with Crippen LogP contribution in [0.5, 0.6) is 5.75 Å². The van der Waals surface area contributed by atoms with Gasteiger partial charge in [-0.05, 0) is 51.3 Å². The number of ether oxygens (including phenoxy) is 1. The Labute approximate surface area is 158 Å². The van der Waals surface area contributed by atoms with Crippen molar-refractivity contribution in [2.45, 2.75) is 57.7 Å². The summed E-state index contributed by atoms with van der Waals surface area (Å²) in [6, 6.07) is 4.40. The van der Waals surface area contributed by atoms with Crippen LogP contribution in [0.1, 0.15) is 39.2 Å². The number of aromatic hydroxyl groups is 1. The molecule has 1 aromatic carbocycles. The second kappa shape index (κ2) is 8.28. The standard InChI is InChI=1S/C19H26N2O6/c1-19(2,3)27-18(26)20-14(11-12-6-8-13(22)9-7-12)16(23)21-10-4-5-15(21)17(24)25/h6-9,14-15,22H,4-5,10-11H2,1-3H3,(H,20,26)(H,24,25). The maximum absolute atomic E-state index is 13.0. The van der Waals surface area contributed by atoms with Gasteiger partial charge in [-0.25, -0.2) is 9.59 Å². The van der Waals surface area contributed by atoms with Gasteiger partial charge in [0.2, 0.25) is 5.91 Å². The van der Waals surface area contributed by atoms with Gasteiger partial charge in [0.25, 0.3) is 0 Å². The van der Waals surface area contributed by atoms with Gasteiger partial charge < -0.3 is 25.2 Å². The molecule has 8 nitrogen and oxygen atoms in total. The number of alkyl carbamates (subject to hydrolysis) is 1. The van der Waals surface area contributed by atoms with Crippen LogP contribution in [0.4, 0.5) is 4.79 Å². The Kier molecular flexibility index (Phi) is 6.30. The zero-order valence-electron chi connectivity index (χ0n) is 15.8. The fourth-order valence-corrected chi connectivity index (χ4v) is 3.01. The molecule has 0 aliphatic carbocycles. The molecule has 1 heterocycles. The minimum absolute atomic E-state index is 0.0900. The van der Waals surface area contributed by atoms with Crippen LogP contribution < -0.4 is 5.32 Å². The van der Waals surface area contributed by atoms with Gasteiger partial charge in [0.05, 0.1) is 0 Å². The Morgan fingerprint density at radius 1 is 1.26 bits per heavy atom. The fraction of sp³-hybridized carbons (Fsp3) is 0.526. The number of carboxylic acids is 1. The van der Waals surface area contributed by atoms with Crippen molar-refractivity contribution in [2.75, 3.05) is 6.54 Å². The lowest BCUT2D eigenvalue weighted by molar-refractivity contribution is -0.149. The summed E-state index contributed by atoms with van der Waals surface area (Å²) >= 11 is 0. The molecule has 1 saturated heterocycles. The average Bonchev–Trinajstić information content (AvgIpc) is 3.03. The third-order valence-electron chi connectivity index (χ3n) is 4.19. The first kappa shape index (κ1) is 20.5. The van der Waals surface area contributed by atoms with E-state index in [4.69, 9.17) is 4.74 Å². The van der Waals surface area contributed by atoms with Gasteiger partial charge in [0.15, 0.2) is 0 Å². The second-order valence-corrected chi connectivity index (χ2v) is 7.60. The van der Waals surface area contributed by atoms with Crippen molar-refractivity contribution in [3.8, 4) is 5.75 Å². The molecular formula is C19H26N2O6. The van der Waals surface area contributed by atoms with Gasteiger partial charge in [-0.3, -0.25) is 4.79 Å². The summed E-state index contributed by atoms with van der Waals surface area (Å²) in [5, 5.41) is 21.3. The lowest BCUT2D eigenvalue weighted by atomic mass is 10.0. The summed E-state index contributed by atoms with van der Waals surface area (Å²) in [5.41, 5.74) is -0.0127. The lowest BCUT2D eigenvalue weighted by Crippen LogP contribution is -2.53. The van der Waals surface area contributed by atoms with E-state index in [0.29, 0.717) is 24.9 Å². The quantitative estimate of drug-likeness (QED) is 0.721. The largest absolute Gasteiger partial charge is 0.508 e. The smallest absolute Gasteiger partial charge is 0.408 e. The van der Waals surface area contributed by atoms with Crippen molar-refractivity contribution < 1.29 is 29.3 Å². The number of carboxylic acid groups (broad SMARTS) is 1. The minimum atomic E-state index is -1.05. The zero-order chi connectivity index (χ0) is 20.2. The molecular weight excluding hydrogens is 352 g/mol. The Balaban J connectivity index is 2.19. The number of aliphatic carboxylic acids is 1. The molecule has 0 saturated carbocycles. The van der Waals surface area contributed by atoms with Crippen LogP contribution in [0, 0.1) is 0 Å². The number of rotatable bonds is 5. The van der Waals surface area contributed by atoms with Crippen LogP contribution >= 0.6 is 0 Å². The second-order valence-electron chi connectivity index (χ2n) is 7.60. The summed E-state index contributed by atoms with van der Waals surface area (Å²) in [4.78, 5) is 37.9. The van der Waals surface area contributed by atoms with Crippen molar-refractivity contribution in [1.82, 2.24) is 10.2 Å². The number of carbonyl (C=O) groups excluding carboxylic acids is 2. The Morgan fingerprint density at radius 3 is 2.44 bits per heavy atom. The summed E-state index contributed by atoms with van der Waals surface area (Å²) in [6.45, 7) is 5.47. The summed E-state index contributed by atoms with van der Waals surface area (Å²) < 4.78 is 5.24. The highest BCUT2D eigenvalue weighted by Gasteiger charge is 2.38. The molecule has 1 aliphatic heterocycles. The summed E-state index contributed by atoms with van der Waals surface area (Å²) in [6.07, 6.45) is 0.396. The Morgan fingerprint density at radius 2 is 1.89 bits per heavy atom.